The Balaban J connectivity index is 1.49. The average molecular weight is 300 g/mol. The summed E-state index contributed by atoms with van der Waals surface area (Å²) in [5.41, 5.74) is 1.90. The van der Waals surface area contributed by atoms with Gasteiger partial charge in [-0.2, -0.15) is 10.2 Å². The molecule has 106 valence electrons. The van der Waals surface area contributed by atoms with E-state index < -0.39 is 0 Å². The van der Waals surface area contributed by atoms with Crippen LogP contribution in [0.5, 0.6) is 0 Å². The first-order chi connectivity index (χ1) is 10.3. The van der Waals surface area contributed by atoms with Gasteiger partial charge >= 0.3 is 0 Å². The number of rotatable bonds is 4. The summed E-state index contributed by atoms with van der Waals surface area (Å²) in [6.45, 7) is 0. The summed E-state index contributed by atoms with van der Waals surface area (Å²) >= 11 is 1.40. The molecule has 0 atom stereocenters. The van der Waals surface area contributed by atoms with E-state index in [0.717, 1.165) is 23.5 Å². The summed E-state index contributed by atoms with van der Waals surface area (Å²) in [4.78, 5) is 16.5. The summed E-state index contributed by atoms with van der Waals surface area (Å²) in [6, 6.07) is 2.32. The zero-order chi connectivity index (χ0) is 14.2. The lowest BCUT2D eigenvalue weighted by molar-refractivity contribution is 0.102. The van der Waals surface area contributed by atoms with Crippen molar-refractivity contribution >= 4 is 22.9 Å². The minimum atomic E-state index is -0.229. The van der Waals surface area contributed by atoms with Crippen LogP contribution >= 0.6 is 11.3 Å². The smallest absolute Gasteiger partial charge is 0.275 e. The summed E-state index contributed by atoms with van der Waals surface area (Å²) < 4.78 is 1.90. The normalized spacial score (nSPS) is 14.3. The monoisotopic (exact) mass is 300 g/mol. The van der Waals surface area contributed by atoms with Gasteiger partial charge in [-0.25, -0.2) is 4.98 Å². The number of hydrogen-bond donors (Lipinski definition) is 2. The van der Waals surface area contributed by atoms with Gasteiger partial charge in [0.25, 0.3) is 5.91 Å². The molecule has 21 heavy (non-hydrogen) atoms. The number of aromatic amines is 1. The lowest BCUT2D eigenvalue weighted by atomic mass is 10.4. The van der Waals surface area contributed by atoms with Crippen LogP contribution in [-0.2, 0) is 0 Å². The van der Waals surface area contributed by atoms with Crippen LogP contribution in [0.2, 0.25) is 0 Å². The molecule has 0 saturated heterocycles. The van der Waals surface area contributed by atoms with E-state index in [0.29, 0.717) is 17.4 Å². The van der Waals surface area contributed by atoms with E-state index in [1.165, 1.54) is 11.3 Å². The summed E-state index contributed by atoms with van der Waals surface area (Å²) in [5, 5.41) is 16.2. The molecule has 0 radical (unpaired) electrons. The van der Waals surface area contributed by atoms with E-state index in [1.54, 1.807) is 17.8 Å². The Labute approximate surface area is 124 Å². The number of aromatic nitrogens is 5. The highest BCUT2D eigenvalue weighted by atomic mass is 32.1. The Kier molecular flexibility index (Phi) is 2.81. The van der Waals surface area contributed by atoms with Gasteiger partial charge in [-0.15, -0.1) is 11.3 Å². The largest absolute Gasteiger partial charge is 0.318 e. The maximum Gasteiger partial charge on any atom is 0.275 e. The molecule has 3 aromatic rings. The summed E-state index contributed by atoms with van der Waals surface area (Å²) in [7, 11) is 0. The van der Waals surface area contributed by atoms with E-state index in [-0.39, 0.29) is 5.91 Å². The highest BCUT2D eigenvalue weighted by molar-refractivity contribution is 7.13. The lowest BCUT2D eigenvalue weighted by Crippen LogP contribution is -2.11. The zero-order valence-corrected chi connectivity index (χ0v) is 11.8. The van der Waals surface area contributed by atoms with Crippen LogP contribution in [0.25, 0.3) is 10.7 Å². The minimum absolute atomic E-state index is 0.229. The number of carbonyl (C=O) groups is 1. The molecule has 1 amide bonds. The Morgan fingerprint density at radius 3 is 3.14 bits per heavy atom. The quantitative estimate of drug-likeness (QED) is 0.774. The Morgan fingerprint density at radius 2 is 2.38 bits per heavy atom. The molecule has 1 aliphatic rings. The Bertz CT molecular complexity index is 770. The zero-order valence-electron chi connectivity index (χ0n) is 11.0. The molecule has 8 heteroatoms. The third kappa shape index (κ3) is 2.45. The molecule has 3 aromatic heterocycles. The first-order valence-electron chi connectivity index (χ1n) is 6.60. The van der Waals surface area contributed by atoms with Crippen LogP contribution in [0.4, 0.5) is 5.69 Å². The van der Waals surface area contributed by atoms with Gasteiger partial charge in [0.1, 0.15) is 10.7 Å². The molecule has 0 aliphatic heterocycles. The first kappa shape index (κ1) is 12.3. The van der Waals surface area contributed by atoms with Crippen molar-refractivity contribution in [2.24, 2.45) is 0 Å². The highest BCUT2D eigenvalue weighted by Gasteiger charge is 2.24. The van der Waals surface area contributed by atoms with Gasteiger partial charge in [0, 0.05) is 17.8 Å². The Morgan fingerprint density at radius 1 is 1.48 bits per heavy atom. The average Bonchev–Trinajstić information content (AvgIpc) is 2.94. The first-order valence-corrected chi connectivity index (χ1v) is 7.48. The Hall–Kier alpha value is -2.48. The molecule has 1 saturated carbocycles. The van der Waals surface area contributed by atoms with Crippen molar-refractivity contribution in [2.45, 2.75) is 18.9 Å². The van der Waals surface area contributed by atoms with E-state index in [1.807, 2.05) is 16.9 Å². The second-order valence-electron chi connectivity index (χ2n) is 4.90. The minimum Gasteiger partial charge on any atom is -0.318 e. The number of H-pyrrole nitrogens is 1. The number of carbonyl (C=O) groups excluding carboxylic acids is 1. The summed E-state index contributed by atoms with van der Waals surface area (Å²) in [5.74, 6) is -0.229. The van der Waals surface area contributed by atoms with Gasteiger partial charge in [0.15, 0.2) is 0 Å². The molecule has 1 fully saturated rings. The van der Waals surface area contributed by atoms with Crippen LogP contribution in [-0.4, -0.2) is 30.9 Å². The molecular weight excluding hydrogens is 288 g/mol. The van der Waals surface area contributed by atoms with Gasteiger partial charge in [0.05, 0.1) is 23.6 Å². The van der Waals surface area contributed by atoms with Crippen molar-refractivity contribution in [1.29, 1.82) is 0 Å². The fraction of sp³-hybridized carbons (Fsp3) is 0.231. The van der Waals surface area contributed by atoms with Crippen molar-refractivity contribution < 1.29 is 4.79 Å². The van der Waals surface area contributed by atoms with Crippen molar-refractivity contribution in [2.75, 3.05) is 5.32 Å². The van der Waals surface area contributed by atoms with Gasteiger partial charge in [-0.05, 0) is 18.9 Å². The molecule has 0 bridgehead atoms. The number of nitrogens with one attached hydrogen (secondary N) is 2. The molecule has 3 heterocycles. The van der Waals surface area contributed by atoms with Crippen LogP contribution in [0.1, 0.15) is 29.4 Å². The van der Waals surface area contributed by atoms with Gasteiger partial charge in [-0.3, -0.25) is 14.6 Å². The summed E-state index contributed by atoms with van der Waals surface area (Å²) in [6.07, 6.45) is 7.50. The maximum absolute atomic E-state index is 12.2. The molecule has 4 rings (SSSR count). The van der Waals surface area contributed by atoms with Crippen molar-refractivity contribution in [3.05, 3.63) is 35.7 Å². The van der Waals surface area contributed by atoms with Crippen LogP contribution in [0.3, 0.4) is 0 Å². The molecular formula is C13H12N6OS. The molecule has 0 unspecified atom stereocenters. The third-order valence-corrected chi connectivity index (χ3v) is 4.12. The predicted octanol–water partition coefficient (Wildman–Crippen LogP) is 2.32. The molecule has 7 nitrogen and oxygen atoms in total. The number of anilines is 1. The van der Waals surface area contributed by atoms with E-state index in [9.17, 15) is 4.79 Å². The van der Waals surface area contributed by atoms with Crippen molar-refractivity contribution in [1.82, 2.24) is 25.0 Å². The van der Waals surface area contributed by atoms with Crippen LogP contribution in [0.15, 0.2) is 30.0 Å². The van der Waals surface area contributed by atoms with Gasteiger partial charge < -0.3 is 5.32 Å². The molecule has 2 N–H and O–H groups in total. The number of thiazole rings is 1. The second kappa shape index (κ2) is 4.81. The van der Waals surface area contributed by atoms with Crippen molar-refractivity contribution in [3.63, 3.8) is 0 Å². The number of amides is 1. The molecule has 0 spiro atoms. The highest BCUT2D eigenvalue weighted by Crippen LogP contribution is 2.34. The van der Waals surface area contributed by atoms with E-state index >= 15 is 0 Å². The van der Waals surface area contributed by atoms with E-state index in [2.05, 4.69) is 25.6 Å². The fourth-order valence-corrected chi connectivity index (χ4v) is 2.79. The van der Waals surface area contributed by atoms with Gasteiger partial charge in [-0.1, -0.05) is 0 Å². The van der Waals surface area contributed by atoms with Crippen molar-refractivity contribution in [3.8, 4) is 10.7 Å². The van der Waals surface area contributed by atoms with Crippen LogP contribution in [0, 0.1) is 0 Å². The fourth-order valence-electron chi connectivity index (χ4n) is 2.01. The third-order valence-electron chi connectivity index (χ3n) is 3.25. The molecule has 0 aromatic carbocycles. The van der Waals surface area contributed by atoms with E-state index in [4.69, 9.17) is 0 Å². The topological polar surface area (TPSA) is 88.5 Å². The second-order valence-corrected chi connectivity index (χ2v) is 5.76. The number of hydrogen-bond acceptors (Lipinski definition) is 5. The molecule has 1 aliphatic carbocycles. The standard InChI is InChI=1S/C13H12N6OS/c20-12(16-8-5-15-19(6-8)9-1-2-9)11-7-21-13(17-11)10-3-4-14-18-10/h3-7,9H,1-2H2,(H,14,18)(H,16,20). The number of nitrogens with zero attached hydrogens (tertiary/aromatic N) is 4. The SMILES string of the molecule is O=C(Nc1cnn(C2CC2)c1)c1csc(-c2ccn[nH]2)n1. The van der Waals surface area contributed by atoms with Crippen LogP contribution < -0.4 is 5.32 Å². The predicted molar refractivity (Wildman–Crippen MR) is 78.1 cm³/mol. The van der Waals surface area contributed by atoms with Gasteiger partial charge in [0.2, 0.25) is 0 Å². The lowest BCUT2D eigenvalue weighted by Gasteiger charge is -1.98. The maximum atomic E-state index is 12.2.